The lowest BCUT2D eigenvalue weighted by atomic mass is 10.1. The molecule has 1 aromatic rings. The number of carboxylic acid groups (broad SMARTS) is 1. The average molecular weight is 248 g/mol. The molecule has 1 aromatic heterocycles. The van der Waals surface area contributed by atoms with E-state index in [-0.39, 0.29) is 17.3 Å². The van der Waals surface area contributed by atoms with Crippen molar-refractivity contribution in [3.05, 3.63) is 29.6 Å². The number of hydrogen-bond acceptors (Lipinski definition) is 3. The molecule has 18 heavy (non-hydrogen) atoms. The topological polar surface area (TPSA) is 79.3 Å². The van der Waals surface area contributed by atoms with Crippen LogP contribution in [-0.4, -0.2) is 28.0 Å². The third-order valence-electron chi connectivity index (χ3n) is 3.28. The van der Waals surface area contributed by atoms with Crippen molar-refractivity contribution >= 4 is 11.9 Å². The second kappa shape index (κ2) is 5.16. The van der Waals surface area contributed by atoms with Gasteiger partial charge in [-0.2, -0.15) is 0 Å². The maximum absolute atomic E-state index is 12.0. The zero-order valence-electron chi connectivity index (χ0n) is 10.2. The fraction of sp³-hybridized carbons (Fsp3) is 0.462. The number of rotatable bonds is 3. The first kappa shape index (κ1) is 12.5. The van der Waals surface area contributed by atoms with E-state index in [0.717, 1.165) is 19.3 Å². The van der Waals surface area contributed by atoms with E-state index in [0.29, 0.717) is 5.92 Å². The molecular formula is C13H16N2O3. The van der Waals surface area contributed by atoms with Gasteiger partial charge in [0.2, 0.25) is 0 Å². The Balaban J connectivity index is 2.11. The smallest absolute Gasteiger partial charge is 0.338 e. The summed E-state index contributed by atoms with van der Waals surface area (Å²) in [6.45, 7) is 2.15. The van der Waals surface area contributed by atoms with Crippen molar-refractivity contribution in [2.45, 2.75) is 32.2 Å². The fourth-order valence-electron chi connectivity index (χ4n) is 2.35. The van der Waals surface area contributed by atoms with Gasteiger partial charge in [0, 0.05) is 12.2 Å². The SMILES string of the molecule is CC1CCC(NC(=O)c2ncccc2C(=O)O)C1. The Kier molecular flexibility index (Phi) is 3.60. The molecule has 96 valence electrons. The van der Waals surface area contributed by atoms with Gasteiger partial charge in [-0.25, -0.2) is 4.79 Å². The minimum atomic E-state index is -1.13. The zero-order chi connectivity index (χ0) is 13.1. The van der Waals surface area contributed by atoms with Crippen molar-refractivity contribution in [3.63, 3.8) is 0 Å². The summed E-state index contributed by atoms with van der Waals surface area (Å²) in [6.07, 6.45) is 4.42. The van der Waals surface area contributed by atoms with Gasteiger partial charge >= 0.3 is 5.97 Å². The summed E-state index contributed by atoms with van der Waals surface area (Å²) in [5.74, 6) is -0.918. The molecule has 0 spiro atoms. The summed E-state index contributed by atoms with van der Waals surface area (Å²) in [5.41, 5.74) is -0.0643. The summed E-state index contributed by atoms with van der Waals surface area (Å²) < 4.78 is 0. The average Bonchev–Trinajstić information content (AvgIpc) is 2.74. The molecule has 0 radical (unpaired) electrons. The number of nitrogens with zero attached hydrogens (tertiary/aromatic N) is 1. The molecule has 0 bridgehead atoms. The second-order valence-electron chi connectivity index (χ2n) is 4.79. The van der Waals surface area contributed by atoms with E-state index in [2.05, 4.69) is 17.2 Å². The van der Waals surface area contributed by atoms with E-state index in [4.69, 9.17) is 5.11 Å². The molecule has 0 aliphatic heterocycles. The lowest BCUT2D eigenvalue weighted by Crippen LogP contribution is -2.34. The van der Waals surface area contributed by atoms with Crippen LogP contribution in [0.4, 0.5) is 0 Å². The highest BCUT2D eigenvalue weighted by molar-refractivity contribution is 6.03. The molecule has 1 heterocycles. The Morgan fingerprint density at radius 2 is 2.22 bits per heavy atom. The highest BCUT2D eigenvalue weighted by atomic mass is 16.4. The second-order valence-corrected chi connectivity index (χ2v) is 4.79. The number of nitrogens with one attached hydrogen (secondary N) is 1. The summed E-state index contributed by atoms with van der Waals surface area (Å²) >= 11 is 0. The lowest BCUT2D eigenvalue weighted by molar-refractivity contribution is 0.0689. The van der Waals surface area contributed by atoms with Crippen LogP contribution in [0.2, 0.25) is 0 Å². The first-order valence-corrected chi connectivity index (χ1v) is 6.07. The van der Waals surface area contributed by atoms with E-state index in [9.17, 15) is 9.59 Å². The molecule has 1 aliphatic carbocycles. The van der Waals surface area contributed by atoms with Gasteiger partial charge in [-0.1, -0.05) is 6.92 Å². The molecule has 1 amide bonds. The minimum absolute atomic E-state index is 0.00967. The molecule has 2 atom stereocenters. The lowest BCUT2D eigenvalue weighted by Gasteiger charge is -2.12. The van der Waals surface area contributed by atoms with Gasteiger partial charge in [0.25, 0.3) is 5.91 Å². The van der Waals surface area contributed by atoms with Crippen molar-refractivity contribution in [1.29, 1.82) is 0 Å². The highest BCUT2D eigenvalue weighted by Crippen LogP contribution is 2.24. The monoisotopic (exact) mass is 248 g/mol. The number of hydrogen-bond donors (Lipinski definition) is 2. The van der Waals surface area contributed by atoms with Crippen LogP contribution >= 0.6 is 0 Å². The van der Waals surface area contributed by atoms with Crippen LogP contribution in [0.15, 0.2) is 18.3 Å². The summed E-state index contributed by atoms with van der Waals surface area (Å²) in [4.78, 5) is 26.9. The molecule has 5 nitrogen and oxygen atoms in total. The van der Waals surface area contributed by atoms with Crippen LogP contribution in [-0.2, 0) is 0 Å². The molecule has 1 saturated carbocycles. The molecule has 0 saturated heterocycles. The maximum atomic E-state index is 12.0. The number of carboxylic acids is 1. The zero-order valence-corrected chi connectivity index (χ0v) is 10.2. The predicted octanol–water partition coefficient (Wildman–Crippen LogP) is 1.70. The Morgan fingerprint density at radius 3 is 2.83 bits per heavy atom. The largest absolute Gasteiger partial charge is 0.478 e. The molecular weight excluding hydrogens is 232 g/mol. The summed E-state index contributed by atoms with van der Waals surface area (Å²) in [6, 6.07) is 3.04. The minimum Gasteiger partial charge on any atom is -0.478 e. The predicted molar refractivity (Wildman–Crippen MR) is 65.5 cm³/mol. The van der Waals surface area contributed by atoms with Crippen molar-refractivity contribution in [3.8, 4) is 0 Å². The molecule has 2 unspecified atom stereocenters. The van der Waals surface area contributed by atoms with Gasteiger partial charge in [0.1, 0.15) is 5.69 Å². The van der Waals surface area contributed by atoms with Crippen LogP contribution in [0.3, 0.4) is 0 Å². The Hall–Kier alpha value is -1.91. The van der Waals surface area contributed by atoms with Crippen LogP contribution in [0.25, 0.3) is 0 Å². The van der Waals surface area contributed by atoms with Crippen molar-refractivity contribution in [1.82, 2.24) is 10.3 Å². The molecule has 1 fully saturated rings. The van der Waals surface area contributed by atoms with E-state index < -0.39 is 11.9 Å². The Labute approximate surface area is 105 Å². The number of carbonyl (C=O) groups is 2. The van der Waals surface area contributed by atoms with Crippen LogP contribution < -0.4 is 5.32 Å². The fourth-order valence-corrected chi connectivity index (χ4v) is 2.35. The van der Waals surface area contributed by atoms with Gasteiger partial charge in [-0.3, -0.25) is 9.78 Å². The van der Waals surface area contributed by atoms with Crippen LogP contribution in [0.5, 0.6) is 0 Å². The third kappa shape index (κ3) is 2.67. The first-order chi connectivity index (χ1) is 8.58. The van der Waals surface area contributed by atoms with Crippen molar-refractivity contribution in [2.24, 2.45) is 5.92 Å². The van der Waals surface area contributed by atoms with Crippen molar-refractivity contribution in [2.75, 3.05) is 0 Å². The molecule has 5 heteroatoms. The van der Waals surface area contributed by atoms with Gasteiger partial charge in [0.05, 0.1) is 5.56 Å². The molecule has 2 rings (SSSR count). The van der Waals surface area contributed by atoms with E-state index in [1.807, 2.05) is 0 Å². The Bertz CT molecular complexity index is 473. The van der Waals surface area contributed by atoms with E-state index in [1.165, 1.54) is 18.3 Å². The van der Waals surface area contributed by atoms with Crippen LogP contribution in [0.1, 0.15) is 47.0 Å². The van der Waals surface area contributed by atoms with Gasteiger partial charge in [-0.05, 0) is 37.3 Å². The summed E-state index contributed by atoms with van der Waals surface area (Å²) in [7, 11) is 0. The first-order valence-electron chi connectivity index (χ1n) is 6.07. The van der Waals surface area contributed by atoms with E-state index >= 15 is 0 Å². The van der Waals surface area contributed by atoms with Gasteiger partial charge in [-0.15, -0.1) is 0 Å². The molecule has 0 aromatic carbocycles. The highest BCUT2D eigenvalue weighted by Gasteiger charge is 2.25. The molecule has 1 aliphatic rings. The maximum Gasteiger partial charge on any atom is 0.338 e. The Morgan fingerprint density at radius 1 is 1.44 bits per heavy atom. The number of amides is 1. The van der Waals surface area contributed by atoms with Gasteiger partial charge < -0.3 is 10.4 Å². The molecule has 2 N–H and O–H groups in total. The number of carbonyl (C=O) groups excluding carboxylic acids is 1. The normalized spacial score (nSPS) is 22.7. The van der Waals surface area contributed by atoms with E-state index in [1.54, 1.807) is 0 Å². The number of pyridine rings is 1. The van der Waals surface area contributed by atoms with Crippen LogP contribution in [0, 0.1) is 5.92 Å². The van der Waals surface area contributed by atoms with Gasteiger partial charge in [0.15, 0.2) is 0 Å². The standard InChI is InChI=1S/C13H16N2O3/c1-8-4-5-9(7-8)15-12(16)11-10(13(17)18)3-2-6-14-11/h2-3,6,8-9H,4-5,7H2,1H3,(H,15,16)(H,17,18). The van der Waals surface area contributed by atoms with Crippen molar-refractivity contribution < 1.29 is 14.7 Å². The number of aromatic carboxylic acids is 1. The number of aromatic nitrogens is 1. The third-order valence-corrected chi connectivity index (χ3v) is 3.28. The summed E-state index contributed by atoms with van der Waals surface area (Å²) in [5, 5.41) is 11.9. The quantitative estimate of drug-likeness (QED) is 0.853.